The van der Waals surface area contributed by atoms with Crippen LogP contribution in [0.5, 0.6) is 0 Å². The van der Waals surface area contributed by atoms with Crippen molar-refractivity contribution in [2.75, 3.05) is 0 Å². The summed E-state index contributed by atoms with van der Waals surface area (Å²) in [4.78, 5) is 0. The summed E-state index contributed by atoms with van der Waals surface area (Å²) in [5, 5.41) is 0. The molecule has 222 valence electrons. The van der Waals surface area contributed by atoms with Crippen molar-refractivity contribution in [3.63, 3.8) is 0 Å². The number of hydrogen-bond donors (Lipinski definition) is 0. The van der Waals surface area contributed by atoms with Gasteiger partial charge in [0.1, 0.15) is 0 Å². The minimum atomic E-state index is -4.35. The molecule has 0 bridgehead atoms. The van der Waals surface area contributed by atoms with Crippen molar-refractivity contribution in [2.24, 2.45) is 0 Å². The summed E-state index contributed by atoms with van der Waals surface area (Å²) in [5.74, 6) is 0. The van der Waals surface area contributed by atoms with Crippen LogP contribution in [0.2, 0.25) is 0 Å². The van der Waals surface area contributed by atoms with Crippen LogP contribution < -0.4 is 24.8 Å². The largest absolute Gasteiger partial charge is 1.00 e. The molecule has 42 heavy (non-hydrogen) atoms. The van der Waals surface area contributed by atoms with Gasteiger partial charge in [-0.3, -0.25) is 0 Å². The molecule has 6 heteroatoms. The molecule has 2 aliphatic carbocycles. The second-order valence-corrected chi connectivity index (χ2v) is 19.4. The second kappa shape index (κ2) is 12.3. The molecule has 0 atom stereocenters. The third-order valence-electron chi connectivity index (χ3n) is 8.31. The average molecular weight is 691 g/mol. The first kappa shape index (κ1) is 34.7. The molecule has 0 nitrogen and oxygen atoms in total. The summed E-state index contributed by atoms with van der Waals surface area (Å²) in [6, 6.07) is 15.5. The van der Waals surface area contributed by atoms with E-state index in [4.69, 9.17) is 0 Å². The molecule has 2 aliphatic rings. The van der Waals surface area contributed by atoms with Crippen LogP contribution in [0.1, 0.15) is 96.1 Å². The maximum Gasteiger partial charge on any atom is -1.00 e. The van der Waals surface area contributed by atoms with E-state index in [1.54, 1.807) is 6.07 Å². The Morgan fingerprint density at radius 3 is 1.71 bits per heavy atom. The third kappa shape index (κ3) is 6.67. The van der Waals surface area contributed by atoms with Crippen molar-refractivity contribution in [1.82, 2.24) is 0 Å². The van der Waals surface area contributed by atoms with Crippen molar-refractivity contribution in [3.8, 4) is 11.1 Å². The van der Waals surface area contributed by atoms with E-state index in [9.17, 15) is 13.2 Å². The molecule has 3 aromatic rings. The molecule has 0 unspecified atom stereocenters. The van der Waals surface area contributed by atoms with Crippen LogP contribution >= 0.6 is 0 Å². The van der Waals surface area contributed by atoms with Gasteiger partial charge in [-0.1, -0.05) is 0 Å². The Morgan fingerprint density at radius 1 is 0.762 bits per heavy atom. The number of halogens is 5. The topological polar surface area (TPSA) is 0 Å². The smallest absolute Gasteiger partial charge is 1.00 e. The fraction of sp³-hybridized carbons (Fsp3) is 0.361. The van der Waals surface area contributed by atoms with E-state index in [0.717, 1.165) is 6.42 Å². The summed E-state index contributed by atoms with van der Waals surface area (Å²) in [5.41, 5.74) is 10.8. The van der Waals surface area contributed by atoms with Gasteiger partial charge in [0, 0.05) is 0 Å². The molecule has 3 aromatic carbocycles. The summed E-state index contributed by atoms with van der Waals surface area (Å²) < 4.78 is 44.8. The zero-order chi connectivity index (χ0) is 29.2. The Morgan fingerprint density at radius 2 is 1.29 bits per heavy atom. The first-order valence-corrected chi connectivity index (χ1v) is 18.2. The summed E-state index contributed by atoms with van der Waals surface area (Å²) in [6.07, 6.45) is 3.09. The first-order valence-electron chi connectivity index (χ1n) is 14.1. The number of benzene rings is 3. The Labute approximate surface area is 269 Å². The van der Waals surface area contributed by atoms with Gasteiger partial charge in [0.05, 0.1) is 0 Å². The van der Waals surface area contributed by atoms with Crippen LogP contribution in [0, 0.1) is 13.8 Å². The SMILES string of the molecule is Cc1cc2c(cc1C(C)(C)C)-c1cc(C(C)(C)C)c(C)cc1[CH]2/[Zr+2](=[CH]/c1cccc(C(F)(F)F)c1)[C]1=CC=CC1.[Cl-].[Cl-]. The van der Waals surface area contributed by atoms with Gasteiger partial charge >= 0.3 is 246 Å². The molecule has 0 spiro atoms. The minimum Gasteiger partial charge on any atom is -1.00 e. The molecule has 5 rings (SSSR count). The van der Waals surface area contributed by atoms with E-state index >= 15 is 0 Å². The molecule has 0 saturated carbocycles. The Hall–Kier alpha value is -1.74. The van der Waals surface area contributed by atoms with Crippen LogP contribution in [0.15, 0.2) is 70.0 Å². The van der Waals surface area contributed by atoms with Crippen LogP contribution in [-0.4, -0.2) is 3.71 Å². The molecule has 0 heterocycles. The Kier molecular flexibility index (Phi) is 10.2. The number of alkyl halides is 3. The minimum absolute atomic E-state index is 0. The normalized spacial score (nSPS) is 14.7. The molecular weight excluding hydrogens is 652 g/mol. The van der Waals surface area contributed by atoms with E-state index < -0.39 is 33.0 Å². The second-order valence-electron chi connectivity index (χ2n) is 13.5. The average Bonchev–Trinajstić information content (AvgIpc) is 3.46. The van der Waals surface area contributed by atoms with Crippen LogP contribution in [0.25, 0.3) is 11.1 Å². The molecule has 0 N–H and O–H groups in total. The zero-order valence-corrected chi connectivity index (χ0v) is 29.6. The van der Waals surface area contributed by atoms with Gasteiger partial charge in [0.25, 0.3) is 0 Å². The molecule has 0 saturated heterocycles. The van der Waals surface area contributed by atoms with E-state index in [0.29, 0.717) is 5.56 Å². The van der Waals surface area contributed by atoms with Crippen molar-refractivity contribution in [3.05, 3.63) is 115 Å². The molecule has 0 aromatic heterocycles. The number of hydrogen-bond acceptors (Lipinski definition) is 0. The Balaban J connectivity index is 0.00000242. The van der Waals surface area contributed by atoms with Gasteiger partial charge in [0.15, 0.2) is 0 Å². The van der Waals surface area contributed by atoms with E-state index in [2.05, 4.69) is 102 Å². The standard InChI is InChI=1S/C23H29.C8H5F3.C5H5.2ClH.Zr/c1-14-9-16-11-17-10-15(2)21(23(6,7)8)13-19(17)18(16)12-20(14)22(3,4)5;1-6-3-2-4-7(5-6)8(9,10)11;1-2-4-5-3-1;;;/h9-13H,1-8H3;1-5H;1-3H,4H2;2*1H;/q;;;;;+2/p-2. The number of rotatable bonds is 3. The number of aryl methyl sites for hydroxylation is 2. The summed E-state index contributed by atoms with van der Waals surface area (Å²) in [7, 11) is 0. The molecule has 0 fully saturated rings. The van der Waals surface area contributed by atoms with Crippen molar-refractivity contribution in [1.29, 1.82) is 0 Å². The molecule has 0 radical (unpaired) electrons. The molecular formula is C36H39Cl2F3Zr. The van der Waals surface area contributed by atoms with Crippen molar-refractivity contribution >= 4 is 3.71 Å². The maximum atomic E-state index is 13.6. The van der Waals surface area contributed by atoms with Crippen LogP contribution in [0.4, 0.5) is 13.2 Å². The quantitative estimate of drug-likeness (QED) is 0.385. The van der Waals surface area contributed by atoms with Gasteiger partial charge in [-0.25, -0.2) is 0 Å². The van der Waals surface area contributed by atoms with Gasteiger partial charge in [-0.05, 0) is 0 Å². The van der Waals surface area contributed by atoms with Crippen molar-refractivity contribution < 1.29 is 59.3 Å². The molecule has 0 aliphatic heterocycles. The van der Waals surface area contributed by atoms with E-state index in [-0.39, 0.29) is 39.3 Å². The van der Waals surface area contributed by atoms with Gasteiger partial charge in [0.2, 0.25) is 0 Å². The zero-order valence-electron chi connectivity index (χ0n) is 25.6. The summed E-state index contributed by atoms with van der Waals surface area (Å²) in [6.45, 7) is 18.0. The van der Waals surface area contributed by atoms with Gasteiger partial charge < -0.3 is 24.8 Å². The fourth-order valence-electron chi connectivity index (χ4n) is 6.53. The van der Waals surface area contributed by atoms with E-state index in [1.807, 2.05) is 6.07 Å². The van der Waals surface area contributed by atoms with Crippen LogP contribution in [-0.2, 0) is 38.3 Å². The Bertz CT molecular complexity index is 1530. The van der Waals surface area contributed by atoms with Gasteiger partial charge in [-0.2, -0.15) is 0 Å². The number of allylic oxidation sites excluding steroid dienone is 4. The van der Waals surface area contributed by atoms with E-state index in [1.165, 1.54) is 59.9 Å². The van der Waals surface area contributed by atoms with Crippen molar-refractivity contribution in [2.45, 2.75) is 82.4 Å². The van der Waals surface area contributed by atoms with Crippen LogP contribution in [0.3, 0.4) is 0 Å². The van der Waals surface area contributed by atoms with Gasteiger partial charge in [-0.15, -0.1) is 0 Å². The fourth-order valence-corrected chi connectivity index (χ4v) is 14.0. The summed E-state index contributed by atoms with van der Waals surface area (Å²) >= 11 is -2.75. The predicted octanol–water partition coefficient (Wildman–Crippen LogP) is 4.31. The maximum absolute atomic E-state index is 13.6. The molecule has 0 amide bonds. The monoisotopic (exact) mass is 688 g/mol. The number of fused-ring (bicyclic) bond motifs is 3. The first-order chi connectivity index (χ1) is 18.6. The predicted molar refractivity (Wildman–Crippen MR) is 159 cm³/mol. The third-order valence-corrected chi connectivity index (χ3v) is 15.7.